The van der Waals surface area contributed by atoms with Crippen LogP contribution in [-0.2, 0) is 9.53 Å². The molecular formula is C13H16BrFN2O4. The zero-order valence-electron chi connectivity index (χ0n) is 11.9. The summed E-state index contributed by atoms with van der Waals surface area (Å²) in [6.07, 6.45) is 0.429. The number of anilines is 1. The van der Waals surface area contributed by atoms with Crippen LogP contribution in [-0.4, -0.2) is 24.0 Å². The fraction of sp³-hybridized carbons (Fsp3) is 0.462. The van der Waals surface area contributed by atoms with Crippen LogP contribution in [0.2, 0.25) is 0 Å². The second kappa shape index (κ2) is 7.35. The third-order valence-electron chi connectivity index (χ3n) is 2.76. The molecule has 1 rings (SSSR count). The highest BCUT2D eigenvalue weighted by Gasteiger charge is 2.25. The maximum absolute atomic E-state index is 13.4. The van der Waals surface area contributed by atoms with Gasteiger partial charge in [-0.15, -0.1) is 0 Å². The van der Waals surface area contributed by atoms with Gasteiger partial charge in [0.2, 0.25) is 0 Å². The van der Waals surface area contributed by atoms with Gasteiger partial charge in [0, 0.05) is 0 Å². The van der Waals surface area contributed by atoms with Gasteiger partial charge in [0.15, 0.2) is 0 Å². The van der Waals surface area contributed by atoms with Crippen LogP contribution in [0.4, 0.5) is 15.8 Å². The van der Waals surface area contributed by atoms with Crippen molar-refractivity contribution >= 4 is 33.3 Å². The number of nitrogens with zero attached hydrogens (tertiary/aromatic N) is 1. The zero-order chi connectivity index (χ0) is 16.2. The Hall–Kier alpha value is -1.70. The van der Waals surface area contributed by atoms with Crippen LogP contribution in [0.3, 0.4) is 0 Å². The van der Waals surface area contributed by atoms with Gasteiger partial charge >= 0.3 is 5.97 Å². The first-order valence-corrected chi connectivity index (χ1v) is 7.03. The van der Waals surface area contributed by atoms with Gasteiger partial charge in [-0.2, -0.15) is 0 Å². The molecule has 1 unspecified atom stereocenters. The van der Waals surface area contributed by atoms with Crippen LogP contribution in [0.1, 0.15) is 20.3 Å². The van der Waals surface area contributed by atoms with Crippen LogP contribution in [0.25, 0.3) is 0 Å². The van der Waals surface area contributed by atoms with Crippen molar-refractivity contribution in [3.05, 3.63) is 32.5 Å². The van der Waals surface area contributed by atoms with Crippen LogP contribution < -0.4 is 5.32 Å². The number of nitrogens with one attached hydrogen (secondary N) is 1. The Labute approximate surface area is 129 Å². The highest BCUT2D eigenvalue weighted by molar-refractivity contribution is 9.10. The predicted octanol–water partition coefficient (Wildman–Crippen LogP) is 3.50. The highest BCUT2D eigenvalue weighted by Crippen LogP contribution is 2.31. The van der Waals surface area contributed by atoms with Gasteiger partial charge < -0.3 is 10.1 Å². The van der Waals surface area contributed by atoms with Gasteiger partial charge in [-0.1, -0.05) is 13.8 Å². The van der Waals surface area contributed by atoms with E-state index in [9.17, 15) is 19.3 Å². The molecule has 0 heterocycles. The molecule has 0 amide bonds. The Morgan fingerprint density at radius 3 is 2.62 bits per heavy atom. The molecule has 0 bridgehead atoms. The van der Waals surface area contributed by atoms with Gasteiger partial charge in [-0.25, -0.2) is 9.18 Å². The lowest BCUT2D eigenvalue weighted by molar-refractivity contribution is -0.384. The second-order valence-corrected chi connectivity index (χ2v) is 5.74. The molecule has 1 N–H and O–H groups in total. The number of hydrogen-bond acceptors (Lipinski definition) is 5. The van der Waals surface area contributed by atoms with E-state index in [0.717, 1.165) is 6.07 Å². The average molecular weight is 363 g/mol. The molecular weight excluding hydrogens is 347 g/mol. The quantitative estimate of drug-likeness (QED) is 0.475. The minimum atomic E-state index is -0.745. The molecule has 6 nitrogen and oxygen atoms in total. The molecule has 1 aromatic rings. The van der Waals surface area contributed by atoms with E-state index < -0.39 is 28.4 Å². The number of ether oxygens (including phenoxy) is 1. The highest BCUT2D eigenvalue weighted by atomic mass is 79.9. The molecule has 8 heteroatoms. The summed E-state index contributed by atoms with van der Waals surface area (Å²) in [5, 5.41) is 13.8. The first kappa shape index (κ1) is 17.4. The lowest BCUT2D eigenvalue weighted by atomic mass is 10.0. The van der Waals surface area contributed by atoms with Gasteiger partial charge in [0.1, 0.15) is 17.5 Å². The van der Waals surface area contributed by atoms with Crippen molar-refractivity contribution < 1.29 is 18.8 Å². The number of nitro groups is 1. The summed E-state index contributed by atoms with van der Waals surface area (Å²) >= 11 is 2.97. The second-order valence-electron chi connectivity index (χ2n) is 4.89. The van der Waals surface area contributed by atoms with Gasteiger partial charge in [-0.05, 0) is 34.3 Å². The van der Waals surface area contributed by atoms with Gasteiger partial charge in [0.05, 0.1) is 22.6 Å². The molecule has 0 radical (unpaired) electrons. The molecule has 0 aliphatic heterocycles. The summed E-state index contributed by atoms with van der Waals surface area (Å²) in [6.45, 7) is 3.82. The average Bonchev–Trinajstić information content (AvgIpc) is 2.40. The standard InChI is InChI=1S/C13H16BrFN2O4/c1-7(2)4-11(13(18)21-3)16-10-5-8(14)9(15)6-12(10)17(19)20/h5-7,11,16H,4H2,1-3H3. The maximum Gasteiger partial charge on any atom is 0.328 e. The van der Waals surface area contributed by atoms with Crippen molar-refractivity contribution in [2.75, 3.05) is 12.4 Å². The molecule has 0 spiro atoms. The number of halogens is 2. The normalized spacial score (nSPS) is 12.1. The summed E-state index contributed by atoms with van der Waals surface area (Å²) in [7, 11) is 1.24. The Kier molecular flexibility index (Phi) is 6.07. The fourth-order valence-corrected chi connectivity index (χ4v) is 2.16. The Bertz CT molecular complexity index is 551. The van der Waals surface area contributed by atoms with E-state index in [1.165, 1.54) is 13.2 Å². The number of carbonyl (C=O) groups excluding carboxylic acids is 1. The molecule has 1 atom stereocenters. The zero-order valence-corrected chi connectivity index (χ0v) is 13.4. The number of carbonyl (C=O) groups is 1. The molecule has 21 heavy (non-hydrogen) atoms. The Morgan fingerprint density at radius 2 is 2.14 bits per heavy atom. The number of esters is 1. The maximum atomic E-state index is 13.4. The van der Waals surface area contributed by atoms with E-state index in [2.05, 4.69) is 26.0 Å². The Morgan fingerprint density at radius 1 is 1.52 bits per heavy atom. The minimum Gasteiger partial charge on any atom is -0.467 e. The molecule has 0 aliphatic carbocycles. The number of benzene rings is 1. The van der Waals surface area contributed by atoms with E-state index >= 15 is 0 Å². The van der Waals surface area contributed by atoms with Crippen LogP contribution in [0.5, 0.6) is 0 Å². The van der Waals surface area contributed by atoms with E-state index in [-0.39, 0.29) is 16.1 Å². The summed E-state index contributed by atoms with van der Waals surface area (Å²) < 4.78 is 18.2. The molecule has 1 aromatic carbocycles. The van der Waals surface area contributed by atoms with E-state index in [4.69, 9.17) is 0 Å². The summed E-state index contributed by atoms with van der Waals surface area (Å²) in [6, 6.07) is 1.30. The third-order valence-corrected chi connectivity index (χ3v) is 3.37. The molecule has 0 saturated carbocycles. The van der Waals surface area contributed by atoms with Crippen molar-refractivity contribution in [1.29, 1.82) is 0 Å². The van der Waals surface area contributed by atoms with Crippen molar-refractivity contribution in [3.63, 3.8) is 0 Å². The van der Waals surface area contributed by atoms with Crippen LogP contribution >= 0.6 is 15.9 Å². The first-order chi connectivity index (χ1) is 9.76. The SMILES string of the molecule is COC(=O)C(CC(C)C)Nc1cc(Br)c(F)cc1[N+](=O)[O-]. The smallest absolute Gasteiger partial charge is 0.328 e. The number of rotatable bonds is 6. The molecule has 0 aromatic heterocycles. The van der Waals surface area contributed by atoms with Crippen molar-refractivity contribution in [2.24, 2.45) is 5.92 Å². The van der Waals surface area contributed by atoms with Crippen molar-refractivity contribution in [3.8, 4) is 0 Å². The summed E-state index contributed by atoms with van der Waals surface area (Å²) in [5.41, 5.74) is -0.377. The summed E-state index contributed by atoms with van der Waals surface area (Å²) in [4.78, 5) is 22.0. The van der Waals surface area contributed by atoms with Crippen LogP contribution in [0, 0.1) is 21.8 Å². The molecule has 116 valence electrons. The van der Waals surface area contributed by atoms with Crippen LogP contribution in [0.15, 0.2) is 16.6 Å². The van der Waals surface area contributed by atoms with E-state index in [1.807, 2.05) is 13.8 Å². The molecule has 0 fully saturated rings. The lowest BCUT2D eigenvalue weighted by Gasteiger charge is -2.19. The summed E-state index contributed by atoms with van der Waals surface area (Å²) in [5.74, 6) is -1.10. The van der Waals surface area contributed by atoms with E-state index in [1.54, 1.807) is 0 Å². The monoisotopic (exact) mass is 362 g/mol. The Balaban J connectivity index is 3.15. The number of nitro benzene ring substituents is 1. The number of hydrogen-bond donors (Lipinski definition) is 1. The minimum absolute atomic E-state index is 0.0596. The number of methoxy groups -OCH3 is 1. The third kappa shape index (κ3) is 4.66. The fourth-order valence-electron chi connectivity index (χ4n) is 1.82. The van der Waals surface area contributed by atoms with Gasteiger partial charge in [-0.3, -0.25) is 10.1 Å². The van der Waals surface area contributed by atoms with Gasteiger partial charge in [0.25, 0.3) is 5.69 Å². The van der Waals surface area contributed by atoms with E-state index in [0.29, 0.717) is 6.42 Å². The van der Waals surface area contributed by atoms with Crippen molar-refractivity contribution in [1.82, 2.24) is 0 Å². The predicted molar refractivity (Wildman–Crippen MR) is 79.6 cm³/mol. The lowest BCUT2D eigenvalue weighted by Crippen LogP contribution is -2.32. The van der Waals surface area contributed by atoms with Crippen molar-refractivity contribution in [2.45, 2.75) is 26.3 Å². The largest absolute Gasteiger partial charge is 0.467 e. The molecule has 0 aliphatic rings. The topological polar surface area (TPSA) is 81.5 Å². The first-order valence-electron chi connectivity index (χ1n) is 6.24. The molecule has 0 saturated heterocycles.